The first-order valence-electron chi connectivity index (χ1n) is 8.33. The molecule has 3 N–H and O–H groups in total. The maximum Gasteiger partial charge on any atom is 0.261 e. The SMILES string of the molecule is Cl.NC(=O)c1ccc(OCC(=O)N2CCNCC2c2ccccc2Cl)cc1. The number of carbonyl (C=O) groups excluding carboxylic acids is 2. The number of primary amides is 1. The van der Waals surface area contributed by atoms with Crippen LogP contribution in [0.5, 0.6) is 5.75 Å². The van der Waals surface area contributed by atoms with Crippen molar-refractivity contribution in [1.82, 2.24) is 10.2 Å². The summed E-state index contributed by atoms with van der Waals surface area (Å²) in [6.45, 7) is 1.86. The molecule has 144 valence electrons. The minimum absolute atomic E-state index is 0. The zero-order valence-electron chi connectivity index (χ0n) is 14.6. The van der Waals surface area contributed by atoms with E-state index in [1.165, 1.54) is 0 Å². The Morgan fingerprint density at radius 1 is 1.19 bits per heavy atom. The topological polar surface area (TPSA) is 84.7 Å². The van der Waals surface area contributed by atoms with Crippen LogP contribution in [0.4, 0.5) is 0 Å². The van der Waals surface area contributed by atoms with Gasteiger partial charge in [0.15, 0.2) is 6.61 Å². The van der Waals surface area contributed by atoms with Gasteiger partial charge in [0.2, 0.25) is 5.91 Å². The predicted octanol–water partition coefficient (Wildman–Crippen LogP) is 2.41. The van der Waals surface area contributed by atoms with Gasteiger partial charge in [-0.2, -0.15) is 0 Å². The van der Waals surface area contributed by atoms with Crippen LogP contribution < -0.4 is 15.8 Å². The highest BCUT2D eigenvalue weighted by atomic mass is 35.5. The Labute approximate surface area is 169 Å². The van der Waals surface area contributed by atoms with Crippen molar-refractivity contribution in [3.05, 3.63) is 64.7 Å². The summed E-state index contributed by atoms with van der Waals surface area (Å²) in [7, 11) is 0. The fourth-order valence-electron chi connectivity index (χ4n) is 2.97. The second kappa shape index (κ2) is 9.60. The molecule has 1 saturated heterocycles. The summed E-state index contributed by atoms with van der Waals surface area (Å²) in [5.41, 5.74) is 6.52. The number of amides is 2. The summed E-state index contributed by atoms with van der Waals surface area (Å²) in [6, 6.07) is 13.8. The van der Waals surface area contributed by atoms with Gasteiger partial charge in [-0.25, -0.2) is 0 Å². The number of nitrogens with zero attached hydrogens (tertiary/aromatic N) is 1. The average molecular weight is 410 g/mol. The summed E-state index contributed by atoms with van der Waals surface area (Å²) in [4.78, 5) is 25.6. The monoisotopic (exact) mass is 409 g/mol. The average Bonchev–Trinajstić information content (AvgIpc) is 2.67. The lowest BCUT2D eigenvalue weighted by Crippen LogP contribution is -2.50. The number of hydrogen-bond donors (Lipinski definition) is 2. The molecule has 0 saturated carbocycles. The largest absolute Gasteiger partial charge is 0.484 e. The molecule has 1 aliphatic rings. The Hall–Kier alpha value is -2.28. The number of benzene rings is 2. The lowest BCUT2D eigenvalue weighted by Gasteiger charge is -2.36. The number of ether oxygens (including phenoxy) is 1. The molecule has 1 fully saturated rings. The van der Waals surface area contributed by atoms with Gasteiger partial charge >= 0.3 is 0 Å². The first-order chi connectivity index (χ1) is 12.6. The normalized spacial score (nSPS) is 16.3. The lowest BCUT2D eigenvalue weighted by molar-refractivity contribution is -0.136. The van der Waals surface area contributed by atoms with Crippen molar-refractivity contribution in [2.75, 3.05) is 26.2 Å². The molecule has 3 rings (SSSR count). The summed E-state index contributed by atoms with van der Waals surface area (Å²) >= 11 is 6.31. The molecule has 8 heteroatoms. The van der Waals surface area contributed by atoms with Gasteiger partial charge in [-0.05, 0) is 35.9 Å². The quantitative estimate of drug-likeness (QED) is 0.793. The van der Waals surface area contributed by atoms with Crippen LogP contribution in [0.3, 0.4) is 0 Å². The third-order valence-electron chi connectivity index (χ3n) is 4.33. The van der Waals surface area contributed by atoms with E-state index in [0.717, 1.165) is 12.1 Å². The van der Waals surface area contributed by atoms with Crippen LogP contribution >= 0.6 is 24.0 Å². The molecule has 0 aromatic heterocycles. The number of nitrogens with two attached hydrogens (primary N) is 1. The second-order valence-electron chi connectivity index (χ2n) is 6.01. The van der Waals surface area contributed by atoms with Crippen LogP contribution in [0.15, 0.2) is 48.5 Å². The smallest absolute Gasteiger partial charge is 0.261 e. The van der Waals surface area contributed by atoms with Gasteiger partial charge in [0.05, 0.1) is 6.04 Å². The standard InChI is InChI=1S/C19H20ClN3O3.ClH/c20-16-4-2-1-3-15(16)17-11-22-9-10-23(17)18(24)12-26-14-7-5-13(6-8-14)19(21)25;/h1-8,17,22H,9-12H2,(H2,21,25);1H. The molecule has 1 aliphatic heterocycles. The molecule has 1 atom stereocenters. The highest BCUT2D eigenvalue weighted by Crippen LogP contribution is 2.28. The zero-order chi connectivity index (χ0) is 18.5. The second-order valence-corrected chi connectivity index (χ2v) is 6.41. The van der Waals surface area contributed by atoms with Crippen LogP contribution in [-0.2, 0) is 4.79 Å². The van der Waals surface area contributed by atoms with Crippen molar-refractivity contribution in [2.24, 2.45) is 5.73 Å². The Morgan fingerprint density at radius 2 is 1.89 bits per heavy atom. The van der Waals surface area contributed by atoms with E-state index in [-0.39, 0.29) is 31.0 Å². The number of carbonyl (C=O) groups is 2. The highest BCUT2D eigenvalue weighted by molar-refractivity contribution is 6.31. The number of halogens is 2. The molecule has 2 aromatic rings. The molecule has 2 amide bonds. The minimum atomic E-state index is -0.504. The van der Waals surface area contributed by atoms with E-state index < -0.39 is 5.91 Å². The van der Waals surface area contributed by atoms with Crippen molar-refractivity contribution in [3.8, 4) is 5.75 Å². The van der Waals surface area contributed by atoms with Crippen LogP contribution in [0.25, 0.3) is 0 Å². The third kappa shape index (κ3) is 5.13. The van der Waals surface area contributed by atoms with E-state index in [9.17, 15) is 9.59 Å². The van der Waals surface area contributed by atoms with Crippen LogP contribution in [-0.4, -0.2) is 43.0 Å². The van der Waals surface area contributed by atoms with Crippen LogP contribution in [0.1, 0.15) is 22.0 Å². The molecular weight excluding hydrogens is 389 g/mol. The molecule has 2 aromatic carbocycles. The summed E-state index contributed by atoms with van der Waals surface area (Å²) < 4.78 is 5.57. The van der Waals surface area contributed by atoms with E-state index in [2.05, 4.69) is 5.32 Å². The first kappa shape index (κ1) is 21.0. The molecule has 1 heterocycles. The summed E-state index contributed by atoms with van der Waals surface area (Å²) in [5, 5.41) is 3.94. The maximum absolute atomic E-state index is 12.7. The van der Waals surface area contributed by atoms with Gasteiger partial charge in [0.1, 0.15) is 5.75 Å². The van der Waals surface area contributed by atoms with Crippen LogP contribution in [0, 0.1) is 0 Å². The number of nitrogens with one attached hydrogen (secondary N) is 1. The van der Waals surface area contributed by atoms with Crippen molar-refractivity contribution < 1.29 is 14.3 Å². The number of rotatable bonds is 5. The van der Waals surface area contributed by atoms with E-state index in [4.69, 9.17) is 22.1 Å². The predicted molar refractivity (Wildman–Crippen MR) is 106 cm³/mol. The zero-order valence-corrected chi connectivity index (χ0v) is 16.1. The number of hydrogen-bond acceptors (Lipinski definition) is 4. The molecule has 0 spiro atoms. The van der Waals surface area contributed by atoms with Gasteiger partial charge in [-0.3, -0.25) is 9.59 Å². The molecule has 0 bridgehead atoms. The van der Waals surface area contributed by atoms with Crippen molar-refractivity contribution in [1.29, 1.82) is 0 Å². The van der Waals surface area contributed by atoms with E-state index in [0.29, 0.717) is 29.4 Å². The molecular formula is C19H21Cl2N3O3. The van der Waals surface area contributed by atoms with Crippen molar-refractivity contribution in [2.45, 2.75) is 6.04 Å². The van der Waals surface area contributed by atoms with Gasteiger partial charge in [-0.1, -0.05) is 29.8 Å². The van der Waals surface area contributed by atoms with E-state index in [1.807, 2.05) is 24.3 Å². The maximum atomic E-state index is 12.7. The van der Waals surface area contributed by atoms with E-state index in [1.54, 1.807) is 29.2 Å². The molecule has 0 radical (unpaired) electrons. The molecule has 6 nitrogen and oxygen atoms in total. The number of piperazine rings is 1. The first-order valence-corrected chi connectivity index (χ1v) is 8.71. The van der Waals surface area contributed by atoms with Crippen LogP contribution in [0.2, 0.25) is 5.02 Å². The third-order valence-corrected chi connectivity index (χ3v) is 4.67. The molecule has 0 aliphatic carbocycles. The minimum Gasteiger partial charge on any atom is -0.484 e. The van der Waals surface area contributed by atoms with Gasteiger partial charge in [0, 0.05) is 30.2 Å². The van der Waals surface area contributed by atoms with Gasteiger partial charge in [0.25, 0.3) is 5.91 Å². The highest BCUT2D eigenvalue weighted by Gasteiger charge is 2.29. The Kier molecular flexibility index (Phi) is 7.47. The van der Waals surface area contributed by atoms with Crippen molar-refractivity contribution >= 4 is 35.8 Å². The molecule has 27 heavy (non-hydrogen) atoms. The van der Waals surface area contributed by atoms with Crippen molar-refractivity contribution in [3.63, 3.8) is 0 Å². The van der Waals surface area contributed by atoms with E-state index >= 15 is 0 Å². The fraction of sp³-hybridized carbons (Fsp3) is 0.263. The Morgan fingerprint density at radius 3 is 2.56 bits per heavy atom. The van der Waals surface area contributed by atoms with Gasteiger partial charge < -0.3 is 20.7 Å². The lowest BCUT2D eigenvalue weighted by atomic mass is 10.0. The van der Waals surface area contributed by atoms with Gasteiger partial charge in [-0.15, -0.1) is 12.4 Å². The Balaban J connectivity index is 0.00000261. The molecule has 1 unspecified atom stereocenters. The Bertz CT molecular complexity index is 799. The summed E-state index contributed by atoms with van der Waals surface area (Å²) in [5.74, 6) is -0.112. The summed E-state index contributed by atoms with van der Waals surface area (Å²) in [6.07, 6.45) is 0. The fourth-order valence-corrected chi connectivity index (χ4v) is 3.23.